The summed E-state index contributed by atoms with van der Waals surface area (Å²) in [5.74, 6) is -0.793. The molecule has 154 valence electrons. The largest absolute Gasteiger partial charge is 0.496 e. The zero-order valence-corrected chi connectivity index (χ0v) is 17.1. The first-order chi connectivity index (χ1) is 14.0. The van der Waals surface area contributed by atoms with E-state index in [1.807, 2.05) is 24.3 Å². The molecule has 1 heterocycles. The predicted molar refractivity (Wildman–Crippen MR) is 111 cm³/mol. The number of benzene rings is 2. The monoisotopic (exact) mass is 418 g/mol. The molecule has 2 aromatic carbocycles. The SMILES string of the molecule is COc1ccc(Cl)cc1C(=O)O[C@H](C)C(=O)Nc1ccc(N2CCOCC2)cc1. The number of amides is 1. The van der Waals surface area contributed by atoms with Crippen molar-refractivity contribution in [1.82, 2.24) is 0 Å². The Morgan fingerprint density at radius 2 is 1.83 bits per heavy atom. The highest BCUT2D eigenvalue weighted by atomic mass is 35.5. The van der Waals surface area contributed by atoms with Crippen LogP contribution < -0.4 is 15.0 Å². The molecule has 29 heavy (non-hydrogen) atoms. The van der Waals surface area contributed by atoms with E-state index in [0.717, 1.165) is 18.8 Å². The fourth-order valence-corrected chi connectivity index (χ4v) is 3.11. The molecule has 1 aliphatic heterocycles. The average molecular weight is 419 g/mol. The fourth-order valence-electron chi connectivity index (χ4n) is 2.94. The van der Waals surface area contributed by atoms with Crippen LogP contribution in [-0.2, 0) is 14.3 Å². The van der Waals surface area contributed by atoms with Crippen LogP contribution >= 0.6 is 11.6 Å². The van der Waals surface area contributed by atoms with Crippen LogP contribution in [0.15, 0.2) is 42.5 Å². The molecular formula is C21H23ClN2O5. The van der Waals surface area contributed by atoms with Gasteiger partial charge in [0.25, 0.3) is 5.91 Å². The molecule has 1 aliphatic rings. The molecule has 1 fully saturated rings. The van der Waals surface area contributed by atoms with Crippen molar-refractivity contribution in [2.24, 2.45) is 0 Å². The first-order valence-corrected chi connectivity index (χ1v) is 9.64. The number of halogens is 1. The normalized spacial score (nSPS) is 14.8. The van der Waals surface area contributed by atoms with Gasteiger partial charge < -0.3 is 24.4 Å². The molecule has 8 heteroatoms. The van der Waals surface area contributed by atoms with Crippen molar-refractivity contribution in [1.29, 1.82) is 0 Å². The average Bonchev–Trinajstić information content (AvgIpc) is 2.74. The van der Waals surface area contributed by atoms with Gasteiger partial charge in [-0.15, -0.1) is 0 Å². The van der Waals surface area contributed by atoms with Crippen molar-refractivity contribution in [2.45, 2.75) is 13.0 Å². The highest BCUT2D eigenvalue weighted by Gasteiger charge is 2.22. The summed E-state index contributed by atoms with van der Waals surface area (Å²) in [6.07, 6.45) is -0.995. The van der Waals surface area contributed by atoms with Crippen LogP contribution in [0.3, 0.4) is 0 Å². The van der Waals surface area contributed by atoms with Crippen LogP contribution in [0, 0.1) is 0 Å². The van der Waals surface area contributed by atoms with E-state index in [-0.39, 0.29) is 5.56 Å². The quantitative estimate of drug-likeness (QED) is 0.725. The van der Waals surface area contributed by atoms with Crippen LogP contribution in [0.2, 0.25) is 5.02 Å². The van der Waals surface area contributed by atoms with Gasteiger partial charge in [-0.25, -0.2) is 4.79 Å². The summed E-state index contributed by atoms with van der Waals surface area (Å²) in [4.78, 5) is 27.0. The zero-order chi connectivity index (χ0) is 20.8. The summed E-state index contributed by atoms with van der Waals surface area (Å²) in [6.45, 7) is 4.60. The lowest BCUT2D eigenvalue weighted by atomic mass is 10.2. The number of carbonyl (C=O) groups excluding carboxylic acids is 2. The van der Waals surface area contributed by atoms with Gasteiger partial charge in [0.1, 0.15) is 11.3 Å². The van der Waals surface area contributed by atoms with Gasteiger partial charge in [-0.05, 0) is 49.4 Å². The van der Waals surface area contributed by atoms with Crippen molar-refractivity contribution in [3.63, 3.8) is 0 Å². The van der Waals surface area contributed by atoms with Gasteiger partial charge in [0.2, 0.25) is 0 Å². The number of nitrogens with one attached hydrogen (secondary N) is 1. The van der Waals surface area contributed by atoms with Crippen molar-refractivity contribution in [3.05, 3.63) is 53.1 Å². The molecule has 7 nitrogen and oxygen atoms in total. The minimum absolute atomic E-state index is 0.162. The van der Waals surface area contributed by atoms with Crippen molar-refractivity contribution >= 4 is 34.9 Å². The molecule has 1 N–H and O–H groups in total. The maximum atomic E-state index is 12.4. The topological polar surface area (TPSA) is 77.1 Å². The second-order valence-corrected chi connectivity index (χ2v) is 6.96. The third kappa shape index (κ3) is 5.40. The molecule has 0 radical (unpaired) electrons. The summed E-state index contributed by atoms with van der Waals surface area (Å²) >= 11 is 5.94. The molecule has 1 amide bonds. The summed E-state index contributed by atoms with van der Waals surface area (Å²) < 4.78 is 15.8. The molecule has 0 aliphatic carbocycles. The third-order valence-electron chi connectivity index (χ3n) is 4.55. The van der Waals surface area contributed by atoms with Crippen LogP contribution in [0.25, 0.3) is 0 Å². The summed E-state index contributed by atoms with van der Waals surface area (Å²) in [5.41, 5.74) is 1.85. The molecular weight excluding hydrogens is 396 g/mol. The van der Waals surface area contributed by atoms with E-state index in [1.165, 1.54) is 20.1 Å². The number of anilines is 2. The van der Waals surface area contributed by atoms with Crippen LogP contribution in [0.5, 0.6) is 5.75 Å². The minimum atomic E-state index is -0.995. The second-order valence-electron chi connectivity index (χ2n) is 6.53. The molecule has 1 atom stereocenters. The Hall–Kier alpha value is -2.77. The molecule has 3 rings (SSSR count). The summed E-state index contributed by atoms with van der Waals surface area (Å²) in [7, 11) is 1.44. The molecule has 0 unspecified atom stereocenters. The maximum absolute atomic E-state index is 12.4. The van der Waals surface area contributed by atoms with Crippen LogP contribution in [0.1, 0.15) is 17.3 Å². The van der Waals surface area contributed by atoms with Gasteiger partial charge in [0.05, 0.1) is 20.3 Å². The van der Waals surface area contributed by atoms with Gasteiger partial charge in [-0.2, -0.15) is 0 Å². The first-order valence-electron chi connectivity index (χ1n) is 9.26. The van der Waals surface area contributed by atoms with Crippen molar-refractivity contribution in [2.75, 3.05) is 43.6 Å². The Morgan fingerprint density at radius 3 is 2.48 bits per heavy atom. The number of hydrogen-bond acceptors (Lipinski definition) is 6. The molecule has 0 spiro atoms. The zero-order valence-electron chi connectivity index (χ0n) is 16.3. The Kier molecular flexibility index (Phi) is 6.95. The Morgan fingerprint density at radius 1 is 1.14 bits per heavy atom. The molecule has 1 saturated heterocycles. The lowest BCUT2D eigenvalue weighted by Crippen LogP contribution is -2.36. The van der Waals surface area contributed by atoms with Crippen molar-refractivity contribution in [3.8, 4) is 5.75 Å². The predicted octanol–water partition coefficient (Wildman–Crippen LogP) is 3.37. The number of esters is 1. The lowest BCUT2D eigenvalue weighted by Gasteiger charge is -2.28. The second kappa shape index (κ2) is 9.62. The Balaban J connectivity index is 1.59. The van der Waals surface area contributed by atoms with E-state index in [1.54, 1.807) is 12.1 Å². The van der Waals surface area contributed by atoms with E-state index >= 15 is 0 Å². The molecule has 2 aromatic rings. The van der Waals surface area contributed by atoms with Gasteiger partial charge in [0.15, 0.2) is 6.10 Å². The first kappa shape index (κ1) is 21.0. The molecule has 0 bridgehead atoms. The fraction of sp³-hybridized carbons (Fsp3) is 0.333. The van der Waals surface area contributed by atoms with Gasteiger partial charge >= 0.3 is 5.97 Å². The van der Waals surface area contributed by atoms with E-state index in [9.17, 15) is 9.59 Å². The van der Waals surface area contributed by atoms with Crippen LogP contribution in [-0.4, -0.2) is 51.4 Å². The number of methoxy groups -OCH3 is 1. The standard InChI is InChI=1S/C21H23ClN2O5/c1-14(29-21(26)18-13-15(22)3-8-19(18)27-2)20(25)23-16-4-6-17(7-5-16)24-9-11-28-12-10-24/h3-8,13-14H,9-12H2,1-2H3,(H,23,25)/t14-/m1/s1. The van der Waals surface area contributed by atoms with Gasteiger partial charge in [-0.1, -0.05) is 11.6 Å². The Bertz CT molecular complexity index is 866. The van der Waals surface area contributed by atoms with E-state index in [2.05, 4.69) is 10.2 Å². The molecule has 0 aromatic heterocycles. The number of morpholine rings is 1. The van der Waals surface area contributed by atoms with E-state index in [0.29, 0.717) is 29.7 Å². The Labute approximate surface area is 174 Å². The van der Waals surface area contributed by atoms with Crippen LogP contribution in [0.4, 0.5) is 11.4 Å². The number of hydrogen-bond donors (Lipinski definition) is 1. The number of rotatable bonds is 6. The van der Waals surface area contributed by atoms with Crippen molar-refractivity contribution < 1.29 is 23.8 Å². The third-order valence-corrected chi connectivity index (χ3v) is 4.78. The smallest absolute Gasteiger partial charge is 0.342 e. The summed E-state index contributed by atoms with van der Waals surface area (Å²) in [6, 6.07) is 12.1. The number of carbonyl (C=O) groups is 2. The number of nitrogens with zero attached hydrogens (tertiary/aromatic N) is 1. The molecule has 0 saturated carbocycles. The van der Waals surface area contributed by atoms with E-state index < -0.39 is 18.0 Å². The number of ether oxygens (including phenoxy) is 3. The van der Waals surface area contributed by atoms with E-state index in [4.69, 9.17) is 25.8 Å². The minimum Gasteiger partial charge on any atom is -0.496 e. The summed E-state index contributed by atoms with van der Waals surface area (Å²) in [5, 5.41) is 3.12. The maximum Gasteiger partial charge on any atom is 0.342 e. The van der Waals surface area contributed by atoms with Gasteiger partial charge in [-0.3, -0.25) is 4.79 Å². The highest BCUT2D eigenvalue weighted by molar-refractivity contribution is 6.31. The van der Waals surface area contributed by atoms with Gasteiger partial charge in [0, 0.05) is 29.5 Å². The highest BCUT2D eigenvalue weighted by Crippen LogP contribution is 2.24. The lowest BCUT2D eigenvalue weighted by molar-refractivity contribution is -0.123.